The van der Waals surface area contributed by atoms with Crippen LogP contribution in [-0.2, 0) is 10.0 Å². The SMILES string of the molecule is Cc1ccc(-c2cccnc2-c2cc(F)c(S(N)(=O)=O)cc2F)cc1Br. The predicted octanol–water partition coefficient (Wildman–Crippen LogP) is 4.41. The maximum Gasteiger partial charge on any atom is 0.241 e. The van der Waals surface area contributed by atoms with E-state index in [9.17, 15) is 17.2 Å². The molecule has 0 amide bonds. The molecule has 0 saturated carbocycles. The Bertz CT molecular complexity index is 1120. The largest absolute Gasteiger partial charge is 0.255 e. The number of aryl methyl sites for hydroxylation is 1. The van der Waals surface area contributed by atoms with E-state index in [0.29, 0.717) is 11.6 Å². The van der Waals surface area contributed by atoms with Gasteiger partial charge < -0.3 is 0 Å². The second kappa shape index (κ2) is 6.86. The van der Waals surface area contributed by atoms with Gasteiger partial charge in [-0.2, -0.15) is 0 Å². The molecule has 8 heteroatoms. The predicted molar refractivity (Wildman–Crippen MR) is 98.8 cm³/mol. The third kappa shape index (κ3) is 3.53. The number of hydrogen-bond acceptors (Lipinski definition) is 3. The van der Waals surface area contributed by atoms with Crippen molar-refractivity contribution in [2.45, 2.75) is 11.8 Å². The van der Waals surface area contributed by atoms with E-state index in [1.54, 1.807) is 12.1 Å². The molecule has 0 atom stereocenters. The van der Waals surface area contributed by atoms with Crippen molar-refractivity contribution in [3.8, 4) is 22.4 Å². The number of nitrogens with two attached hydrogens (primary N) is 1. The van der Waals surface area contributed by atoms with Gasteiger partial charge in [-0.05, 0) is 42.3 Å². The summed E-state index contributed by atoms with van der Waals surface area (Å²) in [6, 6.07) is 10.4. The average molecular weight is 439 g/mol. The maximum absolute atomic E-state index is 14.5. The van der Waals surface area contributed by atoms with Gasteiger partial charge in [0.05, 0.1) is 5.69 Å². The molecule has 26 heavy (non-hydrogen) atoms. The van der Waals surface area contributed by atoms with Crippen molar-refractivity contribution in [2.75, 3.05) is 0 Å². The number of benzene rings is 2. The summed E-state index contributed by atoms with van der Waals surface area (Å²) in [6.45, 7) is 1.93. The quantitative estimate of drug-likeness (QED) is 0.657. The third-order valence-electron chi connectivity index (χ3n) is 3.87. The second-order valence-electron chi connectivity index (χ2n) is 5.67. The summed E-state index contributed by atoms with van der Waals surface area (Å²) in [5.41, 5.74) is 2.40. The Morgan fingerprint density at radius 3 is 2.42 bits per heavy atom. The Balaban J connectivity index is 2.23. The summed E-state index contributed by atoms with van der Waals surface area (Å²) in [7, 11) is -4.37. The van der Waals surface area contributed by atoms with E-state index in [2.05, 4.69) is 20.9 Å². The van der Waals surface area contributed by atoms with Crippen molar-refractivity contribution in [1.29, 1.82) is 0 Å². The van der Waals surface area contributed by atoms with E-state index in [1.807, 2.05) is 25.1 Å². The minimum atomic E-state index is -4.37. The number of sulfonamides is 1. The Kier molecular flexibility index (Phi) is 4.92. The fourth-order valence-corrected chi connectivity index (χ4v) is 3.52. The topological polar surface area (TPSA) is 73.0 Å². The number of pyridine rings is 1. The molecule has 2 N–H and O–H groups in total. The van der Waals surface area contributed by atoms with Crippen molar-refractivity contribution >= 4 is 26.0 Å². The fourth-order valence-electron chi connectivity index (χ4n) is 2.54. The van der Waals surface area contributed by atoms with Crippen molar-refractivity contribution in [1.82, 2.24) is 4.98 Å². The van der Waals surface area contributed by atoms with E-state index < -0.39 is 26.6 Å². The first-order valence-corrected chi connectivity index (χ1v) is 9.76. The highest BCUT2D eigenvalue weighted by molar-refractivity contribution is 9.10. The number of halogens is 3. The number of aromatic nitrogens is 1. The summed E-state index contributed by atoms with van der Waals surface area (Å²) in [5.74, 6) is -2.06. The summed E-state index contributed by atoms with van der Waals surface area (Å²) < 4.78 is 52.3. The zero-order chi connectivity index (χ0) is 19.1. The van der Waals surface area contributed by atoms with Crippen molar-refractivity contribution < 1.29 is 17.2 Å². The van der Waals surface area contributed by atoms with E-state index in [0.717, 1.165) is 21.7 Å². The second-order valence-corrected chi connectivity index (χ2v) is 8.06. The molecule has 0 fully saturated rings. The number of hydrogen-bond donors (Lipinski definition) is 1. The Labute approximate surface area is 157 Å². The molecule has 3 aromatic rings. The molecule has 0 aliphatic rings. The van der Waals surface area contributed by atoms with Crippen molar-refractivity contribution in [2.24, 2.45) is 5.14 Å². The lowest BCUT2D eigenvalue weighted by Crippen LogP contribution is -2.14. The molecule has 134 valence electrons. The summed E-state index contributed by atoms with van der Waals surface area (Å²) in [6.07, 6.45) is 1.45. The summed E-state index contributed by atoms with van der Waals surface area (Å²) >= 11 is 3.45. The van der Waals surface area contributed by atoms with Gasteiger partial charge in [0.25, 0.3) is 0 Å². The number of primary sulfonamides is 1. The van der Waals surface area contributed by atoms with Gasteiger partial charge in [0.2, 0.25) is 10.0 Å². The summed E-state index contributed by atoms with van der Waals surface area (Å²) in [5, 5.41) is 4.91. The van der Waals surface area contributed by atoms with Crippen molar-refractivity contribution in [3.05, 3.63) is 70.3 Å². The van der Waals surface area contributed by atoms with Crippen LogP contribution in [0, 0.1) is 18.6 Å². The third-order valence-corrected chi connectivity index (χ3v) is 5.65. The van der Waals surface area contributed by atoms with Gasteiger partial charge >= 0.3 is 0 Å². The summed E-state index contributed by atoms with van der Waals surface area (Å²) in [4.78, 5) is 3.27. The monoisotopic (exact) mass is 438 g/mol. The zero-order valence-electron chi connectivity index (χ0n) is 13.5. The lowest BCUT2D eigenvalue weighted by atomic mass is 9.98. The Morgan fingerprint density at radius 2 is 1.77 bits per heavy atom. The maximum atomic E-state index is 14.5. The lowest BCUT2D eigenvalue weighted by Gasteiger charge is -2.12. The van der Waals surface area contributed by atoms with E-state index in [-0.39, 0.29) is 11.3 Å². The minimum Gasteiger partial charge on any atom is -0.255 e. The first-order valence-electron chi connectivity index (χ1n) is 7.42. The smallest absolute Gasteiger partial charge is 0.241 e. The molecule has 4 nitrogen and oxygen atoms in total. The van der Waals surface area contributed by atoms with Gasteiger partial charge in [-0.1, -0.05) is 34.1 Å². The van der Waals surface area contributed by atoms with Gasteiger partial charge in [-0.25, -0.2) is 22.3 Å². The van der Waals surface area contributed by atoms with Crippen LogP contribution in [0.5, 0.6) is 0 Å². The van der Waals surface area contributed by atoms with Crippen LogP contribution in [-0.4, -0.2) is 13.4 Å². The molecule has 1 aromatic heterocycles. The molecule has 0 aliphatic heterocycles. The molecule has 0 radical (unpaired) electrons. The van der Waals surface area contributed by atoms with Crippen LogP contribution in [0.25, 0.3) is 22.4 Å². The van der Waals surface area contributed by atoms with Gasteiger partial charge in [-0.15, -0.1) is 0 Å². The van der Waals surface area contributed by atoms with Crippen molar-refractivity contribution in [3.63, 3.8) is 0 Å². The van der Waals surface area contributed by atoms with Gasteiger partial charge in [-0.3, -0.25) is 4.98 Å². The van der Waals surface area contributed by atoms with Crippen LogP contribution in [0.3, 0.4) is 0 Å². The minimum absolute atomic E-state index is 0.151. The number of nitrogens with zero attached hydrogens (tertiary/aromatic N) is 1. The highest BCUT2D eigenvalue weighted by Gasteiger charge is 2.21. The molecular weight excluding hydrogens is 426 g/mol. The van der Waals surface area contributed by atoms with Crippen LogP contribution < -0.4 is 5.14 Å². The van der Waals surface area contributed by atoms with Crippen LogP contribution >= 0.6 is 15.9 Å². The number of rotatable bonds is 3. The van der Waals surface area contributed by atoms with Gasteiger partial charge in [0.15, 0.2) is 0 Å². The Hall–Kier alpha value is -2.16. The molecule has 0 bridgehead atoms. The van der Waals surface area contributed by atoms with Crippen LogP contribution in [0.1, 0.15) is 5.56 Å². The molecule has 3 rings (SSSR count). The molecule has 2 aromatic carbocycles. The standard InChI is InChI=1S/C18H13BrF2N2O2S/c1-10-4-5-11(7-14(10)19)12-3-2-6-23-18(12)13-8-16(21)17(9-15(13)20)26(22,24)25/h2-9H,1H3,(H2,22,24,25). The molecule has 0 unspecified atom stereocenters. The van der Waals surface area contributed by atoms with Gasteiger partial charge in [0, 0.05) is 21.8 Å². The normalized spacial score (nSPS) is 11.6. The average Bonchev–Trinajstić information content (AvgIpc) is 2.58. The highest BCUT2D eigenvalue weighted by Crippen LogP contribution is 2.35. The molecule has 1 heterocycles. The van der Waals surface area contributed by atoms with E-state index in [4.69, 9.17) is 5.14 Å². The molecule has 0 spiro atoms. The van der Waals surface area contributed by atoms with Gasteiger partial charge in [0.1, 0.15) is 16.5 Å². The lowest BCUT2D eigenvalue weighted by molar-refractivity contribution is 0.555. The van der Waals surface area contributed by atoms with Crippen LogP contribution in [0.2, 0.25) is 0 Å². The highest BCUT2D eigenvalue weighted by atomic mass is 79.9. The van der Waals surface area contributed by atoms with Crippen LogP contribution in [0.4, 0.5) is 8.78 Å². The molecule has 0 saturated heterocycles. The Morgan fingerprint density at radius 1 is 1.04 bits per heavy atom. The first kappa shape index (κ1) is 18.6. The zero-order valence-corrected chi connectivity index (χ0v) is 15.9. The van der Waals surface area contributed by atoms with Crippen LogP contribution in [0.15, 0.2) is 58.0 Å². The first-order chi connectivity index (χ1) is 12.2. The van der Waals surface area contributed by atoms with E-state index >= 15 is 0 Å². The molecular formula is C18H13BrF2N2O2S. The van der Waals surface area contributed by atoms with E-state index in [1.165, 1.54) is 6.20 Å². The fraction of sp³-hybridized carbons (Fsp3) is 0.0556. The molecule has 0 aliphatic carbocycles.